The van der Waals surface area contributed by atoms with E-state index in [-0.39, 0.29) is 12.4 Å². The fourth-order valence-electron chi connectivity index (χ4n) is 3.62. The predicted octanol–water partition coefficient (Wildman–Crippen LogP) is 1.19. The molecule has 0 amide bonds. The zero-order chi connectivity index (χ0) is 16.0. The van der Waals surface area contributed by atoms with Gasteiger partial charge in [0.05, 0.1) is 0 Å². The van der Waals surface area contributed by atoms with Crippen molar-refractivity contribution in [3.05, 3.63) is 71.8 Å². The van der Waals surface area contributed by atoms with Crippen molar-refractivity contribution in [3.8, 4) is 0 Å². The Morgan fingerprint density at radius 2 is 1.29 bits per heavy atom. The minimum absolute atomic E-state index is 0. The number of likely N-dealkylation sites (tertiary alicyclic amines) is 1. The molecule has 2 nitrogen and oxygen atoms in total. The second kappa shape index (κ2) is 9.22. The van der Waals surface area contributed by atoms with Crippen molar-refractivity contribution in [2.45, 2.75) is 37.7 Å². The van der Waals surface area contributed by atoms with Crippen LogP contribution in [-0.2, 0) is 5.60 Å². The standard InChI is InChI=1S/C21H27NO.ClH/c23-21(19-11-4-1-5-12-19,20-13-6-2-7-14-20)15-10-18-22-16-8-3-9-17-22;/h1-2,4-7,11-14,23H,3,8-10,15-18H2;1H/p-1. The number of halogens is 1. The summed E-state index contributed by atoms with van der Waals surface area (Å²) >= 11 is 0. The molecule has 0 radical (unpaired) electrons. The van der Waals surface area contributed by atoms with Gasteiger partial charge in [0, 0.05) is 0 Å². The van der Waals surface area contributed by atoms with E-state index >= 15 is 0 Å². The number of hydrogen-bond acceptors (Lipinski definition) is 2. The van der Waals surface area contributed by atoms with Gasteiger partial charge in [-0.2, -0.15) is 0 Å². The van der Waals surface area contributed by atoms with Gasteiger partial charge in [-0.05, 0) is 56.4 Å². The molecule has 3 rings (SSSR count). The molecule has 1 fully saturated rings. The highest BCUT2D eigenvalue weighted by atomic mass is 35.5. The maximum atomic E-state index is 11.5. The molecular weight excluding hydrogens is 318 g/mol. The Labute approximate surface area is 151 Å². The third kappa shape index (κ3) is 4.60. The second-order valence-corrected chi connectivity index (χ2v) is 6.60. The van der Waals surface area contributed by atoms with Crippen molar-refractivity contribution in [1.29, 1.82) is 0 Å². The molecule has 1 N–H and O–H groups in total. The quantitative estimate of drug-likeness (QED) is 0.851. The Bertz CT molecular complexity index is 542. The number of aliphatic hydroxyl groups is 1. The van der Waals surface area contributed by atoms with Gasteiger partial charge in [0.2, 0.25) is 0 Å². The van der Waals surface area contributed by atoms with Crippen molar-refractivity contribution in [3.63, 3.8) is 0 Å². The number of nitrogens with zero attached hydrogens (tertiary/aromatic N) is 1. The molecule has 1 heterocycles. The minimum atomic E-state index is -0.891. The molecule has 1 aliphatic rings. The molecule has 2 aromatic carbocycles. The first-order valence-corrected chi connectivity index (χ1v) is 8.85. The first-order chi connectivity index (χ1) is 11.3. The average Bonchev–Trinajstić information content (AvgIpc) is 2.64. The molecule has 1 aliphatic heterocycles. The van der Waals surface area contributed by atoms with Gasteiger partial charge in [-0.25, -0.2) is 0 Å². The van der Waals surface area contributed by atoms with Crippen LogP contribution >= 0.6 is 0 Å². The van der Waals surface area contributed by atoms with Crippen LogP contribution in [0.1, 0.15) is 43.2 Å². The summed E-state index contributed by atoms with van der Waals surface area (Å²) in [5, 5.41) is 11.5. The predicted molar refractivity (Wildman–Crippen MR) is 95.4 cm³/mol. The van der Waals surface area contributed by atoms with Gasteiger partial charge in [0.1, 0.15) is 5.60 Å². The van der Waals surface area contributed by atoms with Crippen LogP contribution in [0.4, 0.5) is 0 Å². The van der Waals surface area contributed by atoms with Crippen molar-refractivity contribution >= 4 is 0 Å². The van der Waals surface area contributed by atoms with E-state index in [1.807, 2.05) is 60.7 Å². The van der Waals surface area contributed by atoms with Gasteiger partial charge >= 0.3 is 0 Å². The Hall–Kier alpha value is -1.35. The highest BCUT2D eigenvalue weighted by Gasteiger charge is 2.30. The zero-order valence-electron chi connectivity index (χ0n) is 14.2. The van der Waals surface area contributed by atoms with Crippen LogP contribution in [-0.4, -0.2) is 29.6 Å². The van der Waals surface area contributed by atoms with E-state index in [2.05, 4.69) is 4.90 Å². The van der Waals surface area contributed by atoms with E-state index in [1.54, 1.807) is 0 Å². The lowest BCUT2D eigenvalue weighted by Crippen LogP contribution is -3.00. The highest BCUT2D eigenvalue weighted by Crippen LogP contribution is 2.34. The maximum Gasteiger partial charge on any atom is 0.115 e. The molecule has 130 valence electrons. The maximum absolute atomic E-state index is 11.5. The van der Waals surface area contributed by atoms with E-state index in [0.717, 1.165) is 30.5 Å². The molecule has 0 saturated carbocycles. The summed E-state index contributed by atoms with van der Waals surface area (Å²) in [6.07, 6.45) is 5.79. The fraction of sp³-hybridized carbons (Fsp3) is 0.429. The molecule has 0 aromatic heterocycles. The molecule has 24 heavy (non-hydrogen) atoms. The zero-order valence-corrected chi connectivity index (χ0v) is 15.0. The lowest BCUT2D eigenvalue weighted by molar-refractivity contribution is -0.00000961. The largest absolute Gasteiger partial charge is 1.00 e. The number of benzene rings is 2. The summed E-state index contributed by atoms with van der Waals surface area (Å²) in [4.78, 5) is 2.54. The van der Waals surface area contributed by atoms with Crippen LogP contribution in [0.3, 0.4) is 0 Å². The van der Waals surface area contributed by atoms with Crippen LogP contribution < -0.4 is 12.4 Å². The summed E-state index contributed by atoms with van der Waals surface area (Å²) in [6.45, 7) is 3.52. The number of piperidine rings is 1. The van der Waals surface area contributed by atoms with Gasteiger partial charge in [-0.15, -0.1) is 0 Å². The molecule has 0 atom stereocenters. The van der Waals surface area contributed by atoms with Crippen molar-refractivity contribution in [2.75, 3.05) is 19.6 Å². The van der Waals surface area contributed by atoms with E-state index in [4.69, 9.17) is 0 Å². The number of hydrogen-bond donors (Lipinski definition) is 1. The third-order valence-electron chi connectivity index (χ3n) is 4.96. The first kappa shape index (κ1) is 19.0. The van der Waals surface area contributed by atoms with E-state index in [0.29, 0.717) is 0 Å². The van der Waals surface area contributed by atoms with Crippen molar-refractivity contribution in [2.24, 2.45) is 0 Å². The van der Waals surface area contributed by atoms with Gasteiger partial charge < -0.3 is 22.4 Å². The molecular formula is C21H27ClNO-. The summed E-state index contributed by atoms with van der Waals surface area (Å²) in [7, 11) is 0. The molecule has 0 aliphatic carbocycles. The second-order valence-electron chi connectivity index (χ2n) is 6.60. The normalized spacial score (nSPS) is 15.7. The van der Waals surface area contributed by atoms with Crippen molar-refractivity contribution in [1.82, 2.24) is 4.90 Å². The van der Waals surface area contributed by atoms with Crippen molar-refractivity contribution < 1.29 is 17.5 Å². The Kier molecular flexibility index (Phi) is 7.29. The Morgan fingerprint density at radius 1 is 0.792 bits per heavy atom. The van der Waals surface area contributed by atoms with E-state index < -0.39 is 5.60 Å². The monoisotopic (exact) mass is 344 g/mol. The molecule has 1 saturated heterocycles. The molecule has 3 heteroatoms. The molecule has 0 unspecified atom stereocenters. The lowest BCUT2D eigenvalue weighted by Gasteiger charge is -2.32. The molecule has 0 bridgehead atoms. The number of rotatable bonds is 6. The van der Waals surface area contributed by atoms with Gasteiger partial charge in [0.15, 0.2) is 0 Å². The van der Waals surface area contributed by atoms with E-state index in [9.17, 15) is 5.11 Å². The highest BCUT2D eigenvalue weighted by molar-refractivity contribution is 5.35. The van der Waals surface area contributed by atoms with Gasteiger partial charge in [-0.3, -0.25) is 0 Å². The summed E-state index contributed by atoms with van der Waals surface area (Å²) < 4.78 is 0. The Balaban J connectivity index is 0.00000208. The molecule has 2 aromatic rings. The summed E-state index contributed by atoms with van der Waals surface area (Å²) in [5.41, 5.74) is 1.09. The lowest BCUT2D eigenvalue weighted by atomic mass is 9.82. The van der Waals surface area contributed by atoms with Gasteiger partial charge in [-0.1, -0.05) is 67.1 Å². The topological polar surface area (TPSA) is 23.5 Å². The van der Waals surface area contributed by atoms with Crippen LogP contribution in [0, 0.1) is 0 Å². The Morgan fingerprint density at radius 3 is 1.79 bits per heavy atom. The SMILES string of the molecule is OC(CCCN1CCCCC1)(c1ccccc1)c1ccccc1.[Cl-]. The summed E-state index contributed by atoms with van der Waals surface area (Å²) in [5.74, 6) is 0. The summed E-state index contributed by atoms with van der Waals surface area (Å²) in [6, 6.07) is 20.2. The smallest absolute Gasteiger partial charge is 0.115 e. The molecule has 0 spiro atoms. The minimum Gasteiger partial charge on any atom is -1.00 e. The average molecular weight is 345 g/mol. The van der Waals surface area contributed by atoms with Crippen LogP contribution in [0.5, 0.6) is 0 Å². The first-order valence-electron chi connectivity index (χ1n) is 8.85. The van der Waals surface area contributed by atoms with Crippen LogP contribution in [0.2, 0.25) is 0 Å². The third-order valence-corrected chi connectivity index (χ3v) is 4.96. The fourth-order valence-corrected chi connectivity index (χ4v) is 3.62. The van der Waals surface area contributed by atoms with Crippen LogP contribution in [0.15, 0.2) is 60.7 Å². The van der Waals surface area contributed by atoms with Crippen LogP contribution in [0.25, 0.3) is 0 Å². The van der Waals surface area contributed by atoms with Gasteiger partial charge in [0.25, 0.3) is 0 Å². The van der Waals surface area contributed by atoms with E-state index in [1.165, 1.54) is 32.4 Å².